The van der Waals surface area contributed by atoms with Gasteiger partial charge in [-0.25, -0.2) is 18.3 Å². The zero-order valence-electron chi connectivity index (χ0n) is 15.9. The van der Waals surface area contributed by atoms with Crippen molar-refractivity contribution in [1.82, 2.24) is 34.6 Å². The Hall–Kier alpha value is -3.66. The molecule has 0 saturated heterocycles. The lowest BCUT2D eigenvalue weighted by atomic mass is 9.95. The number of aliphatic hydroxyl groups excluding tert-OH is 1. The molecule has 1 atom stereocenters. The van der Waals surface area contributed by atoms with Crippen molar-refractivity contribution in [2.45, 2.75) is 19.4 Å². The maximum atomic E-state index is 15.0. The Morgan fingerprint density at radius 2 is 2.07 bits per heavy atom. The van der Waals surface area contributed by atoms with Gasteiger partial charge in [0.25, 0.3) is 0 Å². The molecule has 10 heteroatoms. The lowest BCUT2D eigenvalue weighted by molar-refractivity contribution is 0.269. The molecule has 0 bridgehead atoms. The molecule has 0 amide bonds. The van der Waals surface area contributed by atoms with Crippen LogP contribution in [0.1, 0.15) is 24.1 Å². The number of H-pyrrole nitrogens is 1. The Morgan fingerprint density at radius 1 is 1.20 bits per heavy atom. The molecule has 30 heavy (non-hydrogen) atoms. The van der Waals surface area contributed by atoms with Crippen LogP contribution in [0.5, 0.6) is 0 Å². The van der Waals surface area contributed by atoms with Gasteiger partial charge in [0.2, 0.25) is 0 Å². The van der Waals surface area contributed by atoms with Crippen LogP contribution in [0.15, 0.2) is 43.0 Å². The molecule has 1 aromatic carbocycles. The van der Waals surface area contributed by atoms with Gasteiger partial charge in [-0.2, -0.15) is 15.3 Å². The molecular weight excluding hydrogens is 392 g/mol. The van der Waals surface area contributed by atoms with Gasteiger partial charge in [0.15, 0.2) is 5.65 Å². The molecule has 0 radical (unpaired) electrons. The van der Waals surface area contributed by atoms with Crippen LogP contribution in [0.2, 0.25) is 0 Å². The van der Waals surface area contributed by atoms with Crippen LogP contribution in [-0.4, -0.2) is 46.3 Å². The second-order valence-corrected chi connectivity index (χ2v) is 7.03. The van der Waals surface area contributed by atoms with Gasteiger partial charge in [-0.05, 0) is 12.1 Å². The number of halogens is 2. The third-order valence-electron chi connectivity index (χ3n) is 5.19. The van der Waals surface area contributed by atoms with Crippen LogP contribution in [0.3, 0.4) is 0 Å². The van der Waals surface area contributed by atoms with E-state index in [0.717, 1.165) is 5.56 Å². The lowest BCUT2D eigenvalue weighted by Gasteiger charge is -2.14. The monoisotopic (exact) mass is 409 g/mol. The van der Waals surface area contributed by atoms with Crippen molar-refractivity contribution in [3.05, 3.63) is 65.9 Å². The molecule has 4 heterocycles. The fraction of sp³-hybridized carbons (Fsp3) is 0.200. The van der Waals surface area contributed by atoms with E-state index in [2.05, 4.69) is 25.4 Å². The van der Waals surface area contributed by atoms with E-state index < -0.39 is 17.6 Å². The average molecular weight is 409 g/mol. The van der Waals surface area contributed by atoms with Gasteiger partial charge in [-0.3, -0.25) is 9.78 Å². The Balaban J connectivity index is 1.60. The number of nitrogens with zero attached hydrogens (tertiary/aromatic N) is 6. The van der Waals surface area contributed by atoms with Crippen molar-refractivity contribution in [3.63, 3.8) is 0 Å². The zero-order valence-corrected chi connectivity index (χ0v) is 15.9. The minimum absolute atomic E-state index is 0.0189. The van der Waals surface area contributed by atoms with E-state index in [1.165, 1.54) is 12.3 Å². The molecule has 2 N–H and O–H groups in total. The summed E-state index contributed by atoms with van der Waals surface area (Å²) in [7, 11) is 0. The molecular formula is C20H17F2N7O. The first kappa shape index (κ1) is 18.4. The first-order valence-electron chi connectivity index (χ1n) is 9.36. The molecule has 152 valence electrons. The van der Waals surface area contributed by atoms with Gasteiger partial charge in [0.05, 0.1) is 54.0 Å². The number of fused-ring (bicyclic) bond motifs is 2. The van der Waals surface area contributed by atoms with Gasteiger partial charge in [-0.1, -0.05) is 6.92 Å². The first-order chi connectivity index (χ1) is 14.6. The number of imidazole rings is 1. The van der Waals surface area contributed by atoms with E-state index in [1.54, 1.807) is 46.8 Å². The number of rotatable bonds is 5. The minimum atomic E-state index is -0.659. The van der Waals surface area contributed by atoms with Gasteiger partial charge in [0, 0.05) is 29.3 Å². The fourth-order valence-electron chi connectivity index (χ4n) is 3.64. The lowest BCUT2D eigenvalue weighted by Crippen LogP contribution is -2.08. The maximum absolute atomic E-state index is 15.0. The molecule has 0 aliphatic carbocycles. The van der Waals surface area contributed by atoms with E-state index >= 15 is 4.39 Å². The second-order valence-electron chi connectivity index (χ2n) is 7.03. The highest BCUT2D eigenvalue weighted by Gasteiger charge is 2.24. The van der Waals surface area contributed by atoms with Gasteiger partial charge >= 0.3 is 0 Å². The molecule has 0 saturated carbocycles. The van der Waals surface area contributed by atoms with E-state index in [1.807, 2.05) is 0 Å². The molecule has 0 aliphatic heterocycles. The highest BCUT2D eigenvalue weighted by molar-refractivity contribution is 5.80. The Morgan fingerprint density at radius 3 is 2.90 bits per heavy atom. The molecule has 0 fully saturated rings. The van der Waals surface area contributed by atoms with Crippen LogP contribution in [0.4, 0.5) is 8.78 Å². The zero-order chi connectivity index (χ0) is 20.8. The molecule has 8 nitrogen and oxygen atoms in total. The summed E-state index contributed by atoms with van der Waals surface area (Å²) in [5, 5.41) is 24.5. The van der Waals surface area contributed by atoms with E-state index in [9.17, 15) is 4.39 Å². The predicted molar refractivity (Wildman–Crippen MR) is 105 cm³/mol. The normalized spacial score (nSPS) is 12.8. The molecule has 5 rings (SSSR count). The van der Waals surface area contributed by atoms with Crippen molar-refractivity contribution >= 4 is 16.6 Å². The topological polar surface area (TPSA) is 96.9 Å². The highest BCUT2D eigenvalue weighted by Crippen LogP contribution is 2.32. The summed E-state index contributed by atoms with van der Waals surface area (Å²) < 4.78 is 33.0. The number of aromatic amines is 1. The van der Waals surface area contributed by atoms with Gasteiger partial charge < -0.3 is 5.11 Å². The predicted octanol–water partition coefficient (Wildman–Crippen LogP) is 2.89. The van der Waals surface area contributed by atoms with Gasteiger partial charge in [0.1, 0.15) is 11.6 Å². The van der Waals surface area contributed by atoms with E-state index in [0.29, 0.717) is 29.1 Å². The average Bonchev–Trinajstić information content (AvgIpc) is 3.46. The summed E-state index contributed by atoms with van der Waals surface area (Å²) in [6, 6.07) is 4.83. The number of benzene rings is 1. The fourth-order valence-corrected chi connectivity index (χ4v) is 3.64. The SMILES string of the molecule is CC(c1c(F)cc2[nH]ncc2c1F)c1cnc2ccc(-c3cnn(CCO)c3)nn12. The van der Waals surface area contributed by atoms with Crippen LogP contribution in [-0.2, 0) is 6.54 Å². The summed E-state index contributed by atoms with van der Waals surface area (Å²) >= 11 is 0. The van der Waals surface area contributed by atoms with Crippen LogP contribution in [0, 0.1) is 11.6 Å². The van der Waals surface area contributed by atoms with Crippen molar-refractivity contribution < 1.29 is 13.9 Å². The molecule has 4 aromatic heterocycles. The summed E-state index contributed by atoms with van der Waals surface area (Å²) in [6.45, 7) is 2.07. The third kappa shape index (κ3) is 2.84. The smallest absolute Gasteiger partial charge is 0.153 e. The Kier molecular flexibility index (Phi) is 4.28. The van der Waals surface area contributed by atoms with Crippen LogP contribution >= 0.6 is 0 Å². The summed E-state index contributed by atoms with van der Waals surface area (Å²) in [5.74, 6) is -1.95. The Labute approximate surface area is 168 Å². The van der Waals surface area contributed by atoms with Crippen molar-refractivity contribution in [1.29, 1.82) is 0 Å². The second kappa shape index (κ2) is 6.99. The van der Waals surface area contributed by atoms with Crippen molar-refractivity contribution in [3.8, 4) is 11.3 Å². The Bertz CT molecular complexity index is 1370. The number of hydrogen-bond acceptors (Lipinski definition) is 5. The number of nitrogens with one attached hydrogen (secondary N) is 1. The third-order valence-corrected chi connectivity index (χ3v) is 5.19. The van der Waals surface area contributed by atoms with Crippen molar-refractivity contribution in [2.24, 2.45) is 0 Å². The standard InChI is InChI=1S/C20H17F2N7O/c1-11(19-14(21)6-16-13(20(19)22)8-24-26-16)17-9-23-18-3-2-15(27-29(17)18)12-7-25-28(10-12)4-5-30/h2-3,6-11,30H,4-5H2,1H3,(H,24,26). The van der Waals surface area contributed by atoms with Crippen molar-refractivity contribution in [2.75, 3.05) is 6.61 Å². The van der Waals surface area contributed by atoms with E-state index in [4.69, 9.17) is 5.11 Å². The van der Waals surface area contributed by atoms with Gasteiger partial charge in [-0.15, -0.1) is 0 Å². The number of hydrogen-bond donors (Lipinski definition) is 2. The molecule has 1 unspecified atom stereocenters. The van der Waals surface area contributed by atoms with Crippen LogP contribution in [0.25, 0.3) is 27.8 Å². The molecule has 0 spiro atoms. The number of aliphatic hydroxyl groups is 1. The quantitative estimate of drug-likeness (QED) is 0.465. The summed E-state index contributed by atoms with van der Waals surface area (Å²) in [4.78, 5) is 4.33. The number of aromatic nitrogens is 7. The van der Waals surface area contributed by atoms with E-state index in [-0.39, 0.29) is 17.6 Å². The molecule has 0 aliphatic rings. The largest absolute Gasteiger partial charge is 0.394 e. The maximum Gasteiger partial charge on any atom is 0.153 e. The highest BCUT2D eigenvalue weighted by atomic mass is 19.1. The first-order valence-corrected chi connectivity index (χ1v) is 9.36. The van der Waals surface area contributed by atoms with Crippen LogP contribution < -0.4 is 0 Å². The summed E-state index contributed by atoms with van der Waals surface area (Å²) in [5.41, 5.74) is 2.75. The molecule has 5 aromatic rings. The summed E-state index contributed by atoms with van der Waals surface area (Å²) in [6.07, 6.45) is 6.34. The minimum Gasteiger partial charge on any atom is -0.394 e.